The molecule has 0 N–H and O–H groups in total. The minimum atomic E-state index is -0.444. The Labute approximate surface area is 199 Å². The first-order chi connectivity index (χ1) is 16.1. The molecule has 0 unspecified atom stereocenters. The standard InChI is InChI=1S/C22H16FN9O.ClH/c1-14(12-31-13-27-29-30-31)33-18-6-16(9-25-10-18)20-4-5-22-26-11-21(32(22)28-20)19-7-17(23)3-2-15(19)8-24;/h2-7,9-11,13-14H,12H2,1H3;1H/t14-;/m0./s1. The van der Waals surface area contributed by atoms with Crippen LogP contribution in [0.4, 0.5) is 4.39 Å². The predicted octanol–water partition coefficient (Wildman–Crippen LogP) is 3.34. The van der Waals surface area contributed by atoms with Gasteiger partial charge in [-0.05, 0) is 53.7 Å². The van der Waals surface area contributed by atoms with Crippen molar-refractivity contribution in [2.24, 2.45) is 0 Å². The van der Waals surface area contributed by atoms with Gasteiger partial charge in [0, 0.05) is 17.3 Å². The normalized spacial score (nSPS) is 11.6. The van der Waals surface area contributed by atoms with Crippen molar-refractivity contribution in [1.82, 2.24) is 39.8 Å². The first kappa shape index (κ1) is 22.8. The van der Waals surface area contributed by atoms with E-state index in [2.05, 4.69) is 36.7 Å². The van der Waals surface area contributed by atoms with E-state index in [4.69, 9.17) is 4.74 Å². The summed E-state index contributed by atoms with van der Waals surface area (Å²) in [6.07, 6.45) is 6.19. The molecule has 0 radical (unpaired) electrons. The van der Waals surface area contributed by atoms with Gasteiger partial charge in [-0.3, -0.25) is 4.98 Å². The van der Waals surface area contributed by atoms with Gasteiger partial charge in [0.25, 0.3) is 0 Å². The SMILES string of the molecule is C[C@@H](Cn1cnnn1)Oc1cncc(-c2ccc3ncc(-c4cc(F)ccc4C#N)n3n2)c1.Cl. The van der Waals surface area contributed by atoms with Crippen LogP contribution < -0.4 is 4.74 Å². The minimum absolute atomic E-state index is 0. The summed E-state index contributed by atoms with van der Waals surface area (Å²) in [6, 6.07) is 11.5. The summed E-state index contributed by atoms with van der Waals surface area (Å²) < 4.78 is 23.0. The van der Waals surface area contributed by atoms with Crippen molar-refractivity contribution in [1.29, 1.82) is 5.26 Å². The number of nitriles is 1. The number of hydrogen-bond donors (Lipinski definition) is 0. The fraction of sp³-hybridized carbons (Fsp3) is 0.136. The summed E-state index contributed by atoms with van der Waals surface area (Å²) in [6.45, 7) is 2.39. The van der Waals surface area contributed by atoms with E-state index in [0.717, 1.165) is 5.56 Å². The van der Waals surface area contributed by atoms with E-state index in [1.807, 2.05) is 19.1 Å². The lowest BCUT2D eigenvalue weighted by atomic mass is 10.1. The highest BCUT2D eigenvalue weighted by molar-refractivity contribution is 5.85. The van der Waals surface area contributed by atoms with E-state index < -0.39 is 5.82 Å². The Balaban J connectivity index is 0.00000274. The van der Waals surface area contributed by atoms with Crippen LogP contribution in [0.2, 0.25) is 0 Å². The van der Waals surface area contributed by atoms with Gasteiger partial charge in [-0.15, -0.1) is 17.5 Å². The second-order valence-electron chi connectivity index (χ2n) is 7.30. The van der Waals surface area contributed by atoms with Crippen LogP contribution in [0, 0.1) is 17.1 Å². The molecule has 0 amide bonds. The Kier molecular flexibility index (Phi) is 6.42. The van der Waals surface area contributed by atoms with Gasteiger partial charge in [0.2, 0.25) is 0 Å². The summed E-state index contributed by atoms with van der Waals surface area (Å²) in [7, 11) is 0. The molecule has 170 valence electrons. The van der Waals surface area contributed by atoms with Gasteiger partial charge in [-0.25, -0.2) is 18.6 Å². The fourth-order valence-electron chi connectivity index (χ4n) is 3.46. The van der Waals surface area contributed by atoms with E-state index in [0.29, 0.717) is 40.5 Å². The molecule has 0 fully saturated rings. The first-order valence-corrected chi connectivity index (χ1v) is 9.98. The molecule has 5 rings (SSSR count). The molecule has 0 saturated heterocycles. The summed E-state index contributed by atoms with van der Waals surface area (Å²) in [5, 5.41) is 25.2. The summed E-state index contributed by atoms with van der Waals surface area (Å²) in [4.78, 5) is 8.61. The summed E-state index contributed by atoms with van der Waals surface area (Å²) >= 11 is 0. The van der Waals surface area contributed by atoms with Crippen LogP contribution in [0.3, 0.4) is 0 Å². The van der Waals surface area contributed by atoms with Crippen molar-refractivity contribution in [3.63, 3.8) is 0 Å². The van der Waals surface area contributed by atoms with Crippen LogP contribution in [0.25, 0.3) is 28.2 Å². The van der Waals surface area contributed by atoms with Gasteiger partial charge in [0.15, 0.2) is 5.65 Å². The second kappa shape index (κ2) is 9.60. The molecule has 10 nitrogen and oxygen atoms in total. The van der Waals surface area contributed by atoms with Gasteiger partial charge in [-0.2, -0.15) is 10.4 Å². The Morgan fingerprint density at radius 1 is 1.15 bits per heavy atom. The van der Waals surface area contributed by atoms with E-state index in [1.165, 1.54) is 24.5 Å². The zero-order valence-corrected chi connectivity index (χ0v) is 18.6. The van der Waals surface area contributed by atoms with Crippen molar-refractivity contribution in [3.05, 3.63) is 72.7 Å². The van der Waals surface area contributed by atoms with Crippen LogP contribution >= 0.6 is 12.4 Å². The smallest absolute Gasteiger partial charge is 0.154 e. The highest BCUT2D eigenvalue weighted by atomic mass is 35.5. The van der Waals surface area contributed by atoms with Gasteiger partial charge >= 0.3 is 0 Å². The lowest BCUT2D eigenvalue weighted by Crippen LogP contribution is -2.20. The molecule has 0 aliphatic heterocycles. The molecule has 4 heterocycles. The lowest BCUT2D eigenvalue weighted by Gasteiger charge is -2.14. The van der Waals surface area contributed by atoms with Crippen LogP contribution in [0.15, 0.2) is 61.3 Å². The molecule has 0 bridgehead atoms. The van der Waals surface area contributed by atoms with E-state index in [9.17, 15) is 9.65 Å². The molecule has 0 saturated carbocycles. The monoisotopic (exact) mass is 477 g/mol. The molecule has 1 aromatic carbocycles. The van der Waals surface area contributed by atoms with Crippen LogP contribution in [-0.4, -0.2) is 45.9 Å². The number of tetrazole rings is 1. The Hall–Kier alpha value is -4.43. The Morgan fingerprint density at radius 2 is 2.03 bits per heavy atom. The number of ether oxygens (including phenoxy) is 1. The maximum atomic E-state index is 13.9. The molecular weight excluding hydrogens is 461 g/mol. The average molecular weight is 478 g/mol. The van der Waals surface area contributed by atoms with E-state index in [1.54, 1.807) is 33.9 Å². The first-order valence-electron chi connectivity index (χ1n) is 9.98. The maximum absolute atomic E-state index is 13.9. The third-order valence-electron chi connectivity index (χ3n) is 4.92. The van der Waals surface area contributed by atoms with Crippen LogP contribution in [0.1, 0.15) is 12.5 Å². The van der Waals surface area contributed by atoms with Gasteiger partial charge in [-0.1, -0.05) is 0 Å². The molecule has 1 atom stereocenters. The maximum Gasteiger partial charge on any atom is 0.154 e. The minimum Gasteiger partial charge on any atom is -0.487 e. The highest BCUT2D eigenvalue weighted by Crippen LogP contribution is 2.27. The third kappa shape index (κ3) is 4.53. The van der Waals surface area contributed by atoms with E-state index >= 15 is 0 Å². The number of benzene rings is 1. The summed E-state index contributed by atoms with van der Waals surface area (Å²) in [5.74, 6) is 0.123. The molecular formula is C22H17ClFN9O. The number of imidazole rings is 1. The lowest BCUT2D eigenvalue weighted by molar-refractivity contribution is 0.192. The topological polar surface area (TPSA) is 120 Å². The number of pyridine rings is 1. The van der Waals surface area contributed by atoms with Gasteiger partial charge < -0.3 is 4.74 Å². The molecule has 0 aliphatic carbocycles. The van der Waals surface area contributed by atoms with Crippen molar-refractivity contribution >= 4 is 18.1 Å². The Bertz CT molecular complexity index is 1480. The fourth-order valence-corrected chi connectivity index (χ4v) is 3.46. The molecule has 0 aliphatic rings. The summed E-state index contributed by atoms with van der Waals surface area (Å²) in [5.41, 5.74) is 3.17. The van der Waals surface area contributed by atoms with Crippen molar-refractivity contribution in [2.75, 3.05) is 0 Å². The number of aromatic nitrogens is 8. The molecule has 34 heavy (non-hydrogen) atoms. The second-order valence-corrected chi connectivity index (χ2v) is 7.30. The van der Waals surface area contributed by atoms with Crippen molar-refractivity contribution in [3.8, 4) is 34.3 Å². The van der Waals surface area contributed by atoms with Crippen molar-refractivity contribution in [2.45, 2.75) is 19.6 Å². The molecule has 5 aromatic rings. The third-order valence-corrected chi connectivity index (χ3v) is 4.92. The van der Waals surface area contributed by atoms with Crippen molar-refractivity contribution < 1.29 is 9.13 Å². The Morgan fingerprint density at radius 3 is 2.82 bits per heavy atom. The van der Waals surface area contributed by atoms with Crippen LogP contribution in [0.5, 0.6) is 5.75 Å². The molecule has 12 heteroatoms. The van der Waals surface area contributed by atoms with E-state index in [-0.39, 0.29) is 18.5 Å². The molecule has 0 spiro atoms. The average Bonchev–Trinajstić information content (AvgIpc) is 3.48. The number of hydrogen-bond acceptors (Lipinski definition) is 8. The quantitative estimate of drug-likeness (QED) is 0.365. The predicted molar refractivity (Wildman–Crippen MR) is 121 cm³/mol. The number of rotatable bonds is 6. The van der Waals surface area contributed by atoms with Crippen LogP contribution in [-0.2, 0) is 6.54 Å². The number of halogens is 2. The number of nitrogens with zero attached hydrogens (tertiary/aromatic N) is 9. The number of fused-ring (bicyclic) bond motifs is 1. The van der Waals surface area contributed by atoms with Gasteiger partial charge in [0.1, 0.15) is 24.0 Å². The molecule has 4 aromatic heterocycles. The largest absolute Gasteiger partial charge is 0.487 e. The zero-order valence-electron chi connectivity index (χ0n) is 17.8. The van der Waals surface area contributed by atoms with Gasteiger partial charge in [0.05, 0.1) is 42.0 Å². The zero-order chi connectivity index (χ0) is 22.8. The highest BCUT2D eigenvalue weighted by Gasteiger charge is 2.14.